The number of carbonyl (C=O) groups is 1. The Hall–Kier alpha value is -1.33. The van der Waals surface area contributed by atoms with E-state index in [-0.39, 0.29) is 5.69 Å². The molecule has 1 aromatic carbocycles. The van der Waals surface area contributed by atoms with E-state index in [0.717, 1.165) is 4.47 Å². The molecule has 0 fully saturated rings. The van der Waals surface area contributed by atoms with Crippen molar-refractivity contribution in [3.8, 4) is 5.69 Å². The van der Waals surface area contributed by atoms with E-state index in [2.05, 4.69) is 21.0 Å². The predicted octanol–water partition coefficient (Wildman–Crippen LogP) is 3.29. The molecule has 0 spiro atoms. The van der Waals surface area contributed by atoms with E-state index in [0.29, 0.717) is 16.3 Å². The number of hydrogen-bond donors (Lipinski definition) is 1. The van der Waals surface area contributed by atoms with Crippen molar-refractivity contribution in [3.05, 3.63) is 45.1 Å². The molecule has 0 amide bonds. The third kappa shape index (κ3) is 2.35. The second kappa shape index (κ2) is 4.50. The number of aryl methyl sites for hydroxylation is 1. The summed E-state index contributed by atoms with van der Waals surface area (Å²) in [4.78, 5) is 10.9. The molecule has 0 aliphatic rings. The van der Waals surface area contributed by atoms with E-state index in [9.17, 15) is 4.79 Å². The fourth-order valence-corrected chi connectivity index (χ4v) is 2.01. The molecule has 0 atom stereocenters. The molecule has 1 aromatic heterocycles. The Morgan fingerprint density at radius 1 is 1.53 bits per heavy atom. The van der Waals surface area contributed by atoms with Crippen LogP contribution in [-0.4, -0.2) is 20.9 Å². The van der Waals surface area contributed by atoms with Gasteiger partial charge in [0.05, 0.1) is 10.7 Å². The molecule has 17 heavy (non-hydrogen) atoms. The molecule has 2 rings (SSSR count). The van der Waals surface area contributed by atoms with Gasteiger partial charge in [0, 0.05) is 16.2 Å². The zero-order valence-electron chi connectivity index (χ0n) is 8.82. The minimum Gasteiger partial charge on any atom is -0.476 e. The van der Waals surface area contributed by atoms with Gasteiger partial charge >= 0.3 is 5.97 Å². The second-order valence-corrected chi connectivity index (χ2v) is 4.83. The van der Waals surface area contributed by atoms with Gasteiger partial charge < -0.3 is 5.11 Å². The Bertz CT molecular complexity index is 595. The fourth-order valence-electron chi connectivity index (χ4n) is 1.46. The van der Waals surface area contributed by atoms with E-state index >= 15 is 0 Å². The van der Waals surface area contributed by atoms with Crippen molar-refractivity contribution in [2.24, 2.45) is 0 Å². The maximum Gasteiger partial charge on any atom is 0.356 e. The van der Waals surface area contributed by atoms with Crippen molar-refractivity contribution < 1.29 is 9.90 Å². The highest BCUT2D eigenvalue weighted by molar-refractivity contribution is 9.10. The van der Waals surface area contributed by atoms with Crippen LogP contribution >= 0.6 is 27.5 Å². The van der Waals surface area contributed by atoms with E-state index in [1.807, 2.05) is 0 Å². The first-order chi connectivity index (χ1) is 7.99. The number of hydrogen-bond acceptors (Lipinski definition) is 2. The predicted molar refractivity (Wildman–Crippen MR) is 68.0 cm³/mol. The lowest BCUT2D eigenvalue weighted by atomic mass is 10.3. The fraction of sp³-hybridized carbons (Fsp3) is 0.0909. The van der Waals surface area contributed by atoms with Crippen LogP contribution in [0.25, 0.3) is 5.69 Å². The van der Waals surface area contributed by atoms with Crippen molar-refractivity contribution in [1.82, 2.24) is 9.78 Å². The molecule has 4 nitrogen and oxygen atoms in total. The Kier molecular flexibility index (Phi) is 3.22. The van der Waals surface area contributed by atoms with Crippen LogP contribution in [0.3, 0.4) is 0 Å². The largest absolute Gasteiger partial charge is 0.476 e. The first-order valence-corrected chi connectivity index (χ1v) is 5.91. The molecule has 2 aromatic rings. The SMILES string of the molecule is Cc1cn(-c2cc(Br)ccc2Cl)nc1C(=O)O. The molecule has 0 aliphatic carbocycles. The van der Waals surface area contributed by atoms with Crippen molar-refractivity contribution in [2.45, 2.75) is 6.92 Å². The number of carboxylic acids is 1. The van der Waals surface area contributed by atoms with Crippen molar-refractivity contribution >= 4 is 33.5 Å². The van der Waals surface area contributed by atoms with Crippen LogP contribution in [0.4, 0.5) is 0 Å². The molecule has 6 heteroatoms. The molecule has 0 saturated carbocycles. The Morgan fingerprint density at radius 3 is 2.82 bits per heavy atom. The lowest BCUT2D eigenvalue weighted by molar-refractivity contribution is 0.0689. The average Bonchev–Trinajstić information content (AvgIpc) is 2.64. The first kappa shape index (κ1) is 12.1. The molecule has 0 radical (unpaired) electrons. The monoisotopic (exact) mass is 314 g/mol. The van der Waals surface area contributed by atoms with Gasteiger partial charge in [-0.25, -0.2) is 9.48 Å². The average molecular weight is 316 g/mol. The zero-order chi connectivity index (χ0) is 12.6. The second-order valence-electron chi connectivity index (χ2n) is 3.51. The third-order valence-electron chi connectivity index (χ3n) is 2.25. The summed E-state index contributed by atoms with van der Waals surface area (Å²) in [7, 11) is 0. The van der Waals surface area contributed by atoms with Crippen molar-refractivity contribution in [3.63, 3.8) is 0 Å². The summed E-state index contributed by atoms with van der Waals surface area (Å²) in [5.74, 6) is -1.05. The Morgan fingerprint density at radius 2 is 2.24 bits per heavy atom. The number of aromatic carboxylic acids is 1. The third-order valence-corrected chi connectivity index (χ3v) is 3.07. The van der Waals surface area contributed by atoms with Gasteiger partial charge in [0.2, 0.25) is 0 Å². The zero-order valence-corrected chi connectivity index (χ0v) is 11.2. The highest BCUT2D eigenvalue weighted by atomic mass is 79.9. The molecule has 1 heterocycles. The molecule has 0 aliphatic heterocycles. The molecular formula is C11H8BrClN2O2. The van der Waals surface area contributed by atoms with Crippen LogP contribution < -0.4 is 0 Å². The van der Waals surface area contributed by atoms with E-state index < -0.39 is 5.97 Å². The topological polar surface area (TPSA) is 55.1 Å². The maximum absolute atomic E-state index is 10.9. The lowest BCUT2D eigenvalue weighted by Gasteiger charge is -2.04. The quantitative estimate of drug-likeness (QED) is 0.925. The minimum atomic E-state index is -1.05. The van der Waals surface area contributed by atoms with E-state index in [1.54, 1.807) is 31.3 Å². The van der Waals surface area contributed by atoms with Crippen LogP contribution in [-0.2, 0) is 0 Å². The van der Waals surface area contributed by atoms with E-state index in [4.69, 9.17) is 16.7 Å². The van der Waals surface area contributed by atoms with Gasteiger partial charge in [0.1, 0.15) is 0 Å². The maximum atomic E-state index is 10.9. The molecular weight excluding hydrogens is 307 g/mol. The molecule has 88 valence electrons. The van der Waals surface area contributed by atoms with E-state index in [1.165, 1.54) is 4.68 Å². The van der Waals surface area contributed by atoms with Gasteiger partial charge in [-0.15, -0.1) is 0 Å². The highest BCUT2D eigenvalue weighted by Crippen LogP contribution is 2.24. The summed E-state index contributed by atoms with van der Waals surface area (Å²) in [5.41, 5.74) is 1.26. The molecule has 0 saturated heterocycles. The molecule has 0 bridgehead atoms. The van der Waals surface area contributed by atoms with Gasteiger partial charge in [0.25, 0.3) is 0 Å². The van der Waals surface area contributed by atoms with Crippen molar-refractivity contribution in [2.75, 3.05) is 0 Å². The summed E-state index contributed by atoms with van der Waals surface area (Å²) in [6.45, 7) is 1.69. The van der Waals surface area contributed by atoms with Crippen molar-refractivity contribution in [1.29, 1.82) is 0 Å². The Balaban J connectivity index is 2.57. The summed E-state index contributed by atoms with van der Waals surface area (Å²) < 4.78 is 2.31. The number of carboxylic acid groups (broad SMARTS) is 1. The standard InChI is InChI=1S/C11H8BrClN2O2/c1-6-5-15(14-10(6)11(16)17)9-4-7(12)2-3-8(9)13/h2-5H,1H3,(H,16,17). The summed E-state index contributed by atoms with van der Waals surface area (Å²) in [6.07, 6.45) is 1.64. The lowest BCUT2D eigenvalue weighted by Crippen LogP contribution is -2.02. The summed E-state index contributed by atoms with van der Waals surface area (Å²) in [6, 6.07) is 5.30. The van der Waals surface area contributed by atoms with Crippen LogP contribution in [0.15, 0.2) is 28.9 Å². The minimum absolute atomic E-state index is 0.0287. The van der Waals surface area contributed by atoms with Crippen LogP contribution in [0.1, 0.15) is 16.1 Å². The number of nitrogens with zero attached hydrogens (tertiary/aromatic N) is 2. The normalized spacial score (nSPS) is 10.5. The van der Waals surface area contributed by atoms with Gasteiger partial charge in [0.15, 0.2) is 5.69 Å². The number of rotatable bonds is 2. The smallest absolute Gasteiger partial charge is 0.356 e. The van der Waals surface area contributed by atoms with Gasteiger partial charge in [-0.05, 0) is 25.1 Å². The number of halogens is 2. The van der Waals surface area contributed by atoms with Crippen LogP contribution in [0.2, 0.25) is 5.02 Å². The summed E-state index contributed by atoms with van der Waals surface area (Å²) in [5, 5.41) is 13.4. The number of aromatic nitrogens is 2. The van der Waals surface area contributed by atoms with Crippen LogP contribution in [0.5, 0.6) is 0 Å². The molecule has 0 unspecified atom stereocenters. The Labute approximate surface area is 111 Å². The summed E-state index contributed by atoms with van der Waals surface area (Å²) >= 11 is 9.37. The number of benzene rings is 1. The van der Waals surface area contributed by atoms with Gasteiger partial charge in [-0.3, -0.25) is 0 Å². The van der Waals surface area contributed by atoms with Gasteiger partial charge in [-0.1, -0.05) is 27.5 Å². The van der Waals surface area contributed by atoms with Gasteiger partial charge in [-0.2, -0.15) is 5.10 Å². The molecule has 1 N–H and O–H groups in total. The highest BCUT2D eigenvalue weighted by Gasteiger charge is 2.14. The first-order valence-electron chi connectivity index (χ1n) is 4.74. The van der Waals surface area contributed by atoms with Crippen LogP contribution in [0, 0.1) is 6.92 Å².